The lowest BCUT2D eigenvalue weighted by atomic mass is 10.3. The van der Waals surface area contributed by atoms with Gasteiger partial charge in [0.15, 0.2) is 0 Å². The summed E-state index contributed by atoms with van der Waals surface area (Å²) < 4.78 is 31.1. The van der Waals surface area contributed by atoms with E-state index >= 15 is 0 Å². The van der Waals surface area contributed by atoms with Gasteiger partial charge in [0, 0.05) is 7.05 Å². The highest BCUT2D eigenvalue weighted by atomic mass is 32.2. The number of hydrogen-bond acceptors (Lipinski definition) is 4. The molecule has 5 nitrogen and oxygen atoms in total. The monoisotopic (exact) mass is 306 g/mol. The van der Waals surface area contributed by atoms with Crippen molar-refractivity contribution in [3.8, 4) is 5.75 Å². The fraction of sp³-hybridized carbons (Fsp3) is 0.200. The Hall–Kier alpha value is -2.21. The molecule has 2 rings (SSSR count). The summed E-state index contributed by atoms with van der Waals surface area (Å²) in [7, 11) is -1.90. The van der Waals surface area contributed by atoms with Crippen LogP contribution >= 0.6 is 0 Å². The molecule has 2 aromatic rings. The van der Waals surface area contributed by atoms with Crippen molar-refractivity contribution >= 4 is 21.4 Å². The van der Waals surface area contributed by atoms with Gasteiger partial charge < -0.3 is 10.5 Å². The first-order valence-corrected chi connectivity index (χ1v) is 8.10. The summed E-state index contributed by atoms with van der Waals surface area (Å²) in [5, 5.41) is 0. The molecular weight excluding hydrogens is 288 g/mol. The zero-order chi connectivity index (χ0) is 15.3. The van der Waals surface area contributed by atoms with Crippen LogP contribution in [-0.2, 0) is 10.0 Å². The third kappa shape index (κ3) is 3.88. The number of nitrogens with two attached hydrogens (primary N) is 1. The van der Waals surface area contributed by atoms with Crippen LogP contribution in [0.2, 0.25) is 0 Å². The lowest BCUT2D eigenvalue weighted by Crippen LogP contribution is -2.31. The van der Waals surface area contributed by atoms with Gasteiger partial charge in [0.05, 0.1) is 11.4 Å². The van der Waals surface area contributed by atoms with E-state index in [-0.39, 0.29) is 12.4 Å². The molecule has 0 unspecified atom stereocenters. The zero-order valence-electron chi connectivity index (χ0n) is 11.8. The topological polar surface area (TPSA) is 72.6 Å². The number of anilines is 2. The van der Waals surface area contributed by atoms with Crippen LogP contribution in [0, 0.1) is 0 Å². The maximum atomic E-state index is 12.2. The largest absolute Gasteiger partial charge is 0.490 e. The number of ether oxygens (including phenoxy) is 1. The normalized spacial score (nSPS) is 11.1. The van der Waals surface area contributed by atoms with Crippen molar-refractivity contribution in [1.29, 1.82) is 0 Å². The van der Waals surface area contributed by atoms with Crippen molar-refractivity contribution in [2.75, 3.05) is 29.4 Å². The van der Waals surface area contributed by atoms with Crippen LogP contribution in [0.3, 0.4) is 0 Å². The van der Waals surface area contributed by atoms with Gasteiger partial charge in [-0.3, -0.25) is 4.31 Å². The molecule has 2 N–H and O–H groups in total. The molecule has 0 fully saturated rings. The Balaban J connectivity index is 1.97. The molecule has 0 atom stereocenters. The average molecular weight is 306 g/mol. The second-order valence-electron chi connectivity index (χ2n) is 4.51. The van der Waals surface area contributed by atoms with Crippen LogP contribution in [0.1, 0.15) is 0 Å². The fourth-order valence-corrected chi connectivity index (χ4v) is 2.82. The lowest BCUT2D eigenvalue weighted by Gasteiger charge is -2.19. The summed E-state index contributed by atoms with van der Waals surface area (Å²) >= 11 is 0. The molecule has 0 amide bonds. The van der Waals surface area contributed by atoms with Crippen LogP contribution in [0.25, 0.3) is 0 Å². The summed E-state index contributed by atoms with van der Waals surface area (Å²) in [6, 6.07) is 15.9. The van der Waals surface area contributed by atoms with E-state index in [1.54, 1.807) is 48.5 Å². The lowest BCUT2D eigenvalue weighted by molar-refractivity contribution is 0.342. The van der Waals surface area contributed by atoms with E-state index in [0.717, 1.165) is 0 Å². The van der Waals surface area contributed by atoms with Crippen LogP contribution in [0.15, 0.2) is 54.6 Å². The molecule has 0 radical (unpaired) electrons. The number of hydrogen-bond donors (Lipinski definition) is 1. The van der Waals surface area contributed by atoms with Crippen molar-refractivity contribution in [3.05, 3.63) is 54.6 Å². The summed E-state index contributed by atoms with van der Waals surface area (Å²) in [5.41, 5.74) is 6.85. The third-order valence-electron chi connectivity index (χ3n) is 3.05. The van der Waals surface area contributed by atoms with E-state index in [9.17, 15) is 8.42 Å². The third-order valence-corrected chi connectivity index (χ3v) is 4.78. The van der Waals surface area contributed by atoms with Gasteiger partial charge in [0.2, 0.25) is 10.0 Å². The maximum Gasteiger partial charge on any atom is 0.238 e. The minimum absolute atomic E-state index is 0.0493. The van der Waals surface area contributed by atoms with Gasteiger partial charge in [-0.1, -0.05) is 30.3 Å². The first-order valence-electron chi connectivity index (χ1n) is 6.49. The predicted octanol–water partition coefficient (Wildman–Crippen LogP) is 2.11. The Bertz CT molecular complexity index is 687. The number of sulfonamides is 1. The SMILES string of the molecule is CN(c1ccccc1)S(=O)(=O)CCOc1ccccc1N. The van der Waals surface area contributed by atoms with Crippen molar-refractivity contribution in [1.82, 2.24) is 0 Å². The van der Waals surface area contributed by atoms with Gasteiger partial charge in [-0.2, -0.15) is 0 Å². The number of para-hydroxylation sites is 3. The number of nitrogens with zero attached hydrogens (tertiary/aromatic N) is 1. The number of benzene rings is 2. The first-order chi connectivity index (χ1) is 10.0. The van der Waals surface area contributed by atoms with E-state index in [2.05, 4.69) is 0 Å². The van der Waals surface area contributed by atoms with Gasteiger partial charge >= 0.3 is 0 Å². The minimum Gasteiger partial charge on any atom is -0.490 e. The molecule has 0 saturated carbocycles. The fourth-order valence-electron chi connectivity index (χ4n) is 1.80. The van der Waals surface area contributed by atoms with Crippen molar-refractivity contribution in [2.24, 2.45) is 0 Å². The highest BCUT2D eigenvalue weighted by molar-refractivity contribution is 7.92. The van der Waals surface area contributed by atoms with E-state index in [1.807, 2.05) is 6.07 Å². The average Bonchev–Trinajstić information content (AvgIpc) is 2.49. The second-order valence-corrected chi connectivity index (χ2v) is 6.63. The molecule has 0 aliphatic heterocycles. The van der Waals surface area contributed by atoms with Gasteiger partial charge in [-0.05, 0) is 24.3 Å². The molecule has 0 aliphatic carbocycles. The molecule has 0 aliphatic rings. The summed E-state index contributed by atoms with van der Waals surface area (Å²) in [6.45, 7) is 0.0493. The summed E-state index contributed by atoms with van der Waals surface area (Å²) in [4.78, 5) is 0. The molecule has 2 aromatic carbocycles. The van der Waals surface area contributed by atoms with Crippen LogP contribution in [-0.4, -0.2) is 27.8 Å². The predicted molar refractivity (Wildman–Crippen MR) is 85.0 cm³/mol. The molecule has 0 heterocycles. The molecular formula is C15H18N2O3S. The minimum atomic E-state index is -3.43. The van der Waals surface area contributed by atoms with E-state index in [1.165, 1.54) is 11.4 Å². The van der Waals surface area contributed by atoms with Gasteiger partial charge in [-0.25, -0.2) is 8.42 Å². The number of nitrogen functional groups attached to an aromatic ring is 1. The smallest absolute Gasteiger partial charge is 0.238 e. The first kappa shape index (κ1) is 15.2. The molecule has 112 valence electrons. The summed E-state index contributed by atoms with van der Waals surface area (Å²) in [5.74, 6) is 0.377. The van der Waals surface area contributed by atoms with Crippen LogP contribution < -0.4 is 14.8 Å². The van der Waals surface area contributed by atoms with Crippen molar-refractivity contribution in [2.45, 2.75) is 0 Å². The Labute approximate surface area is 125 Å². The van der Waals surface area contributed by atoms with Crippen molar-refractivity contribution in [3.63, 3.8) is 0 Å². The van der Waals surface area contributed by atoms with E-state index in [0.29, 0.717) is 17.1 Å². The standard InChI is InChI=1S/C15H18N2O3S/c1-17(13-7-3-2-4-8-13)21(18,19)12-11-20-15-10-6-5-9-14(15)16/h2-10H,11-12,16H2,1H3. The highest BCUT2D eigenvalue weighted by Crippen LogP contribution is 2.20. The molecule has 0 saturated heterocycles. The van der Waals surface area contributed by atoms with Gasteiger partial charge in [0.1, 0.15) is 18.1 Å². The molecule has 0 aromatic heterocycles. The summed E-state index contributed by atoms with van der Waals surface area (Å²) in [6.07, 6.45) is 0. The Morgan fingerprint density at radius 2 is 1.67 bits per heavy atom. The molecule has 6 heteroatoms. The zero-order valence-corrected chi connectivity index (χ0v) is 12.6. The van der Waals surface area contributed by atoms with Gasteiger partial charge in [0.25, 0.3) is 0 Å². The maximum absolute atomic E-state index is 12.2. The molecule has 0 bridgehead atoms. The van der Waals surface area contributed by atoms with Crippen molar-refractivity contribution < 1.29 is 13.2 Å². The number of rotatable bonds is 6. The molecule has 21 heavy (non-hydrogen) atoms. The highest BCUT2D eigenvalue weighted by Gasteiger charge is 2.18. The quantitative estimate of drug-likeness (QED) is 0.830. The Kier molecular flexibility index (Phi) is 4.70. The van der Waals surface area contributed by atoms with Crippen LogP contribution in [0.4, 0.5) is 11.4 Å². The van der Waals surface area contributed by atoms with Crippen LogP contribution in [0.5, 0.6) is 5.75 Å². The van der Waals surface area contributed by atoms with Gasteiger partial charge in [-0.15, -0.1) is 0 Å². The van der Waals surface area contributed by atoms with E-state index < -0.39 is 10.0 Å². The Morgan fingerprint density at radius 1 is 1.05 bits per heavy atom. The second kappa shape index (κ2) is 6.49. The van der Waals surface area contributed by atoms with E-state index in [4.69, 9.17) is 10.5 Å². The Morgan fingerprint density at radius 3 is 2.33 bits per heavy atom. The molecule has 0 spiro atoms.